The van der Waals surface area contributed by atoms with E-state index in [0.717, 1.165) is 47.9 Å². The third kappa shape index (κ3) is 7.79. The predicted octanol–water partition coefficient (Wildman–Crippen LogP) is 9.30. The Morgan fingerprint density at radius 2 is 1.48 bits per heavy atom. The van der Waals surface area contributed by atoms with Crippen molar-refractivity contribution in [3.05, 3.63) is 88.2 Å². The van der Waals surface area contributed by atoms with Gasteiger partial charge < -0.3 is 9.16 Å². The van der Waals surface area contributed by atoms with Crippen LogP contribution in [0.3, 0.4) is 0 Å². The molecule has 0 bridgehead atoms. The van der Waals surface area contributed by atoms with E-state index in [4.69, 9.17) is 9.16 Å². The second-order valence-corrected chi connectivity index (χ2v) is 16.8. The number of aryl methyl sites for hydroxylation is 2. The van der Waals surface area contributed by atoms with Gasteiger partial charge in [0.05, 0.1) is 0 Å². The fraction of sp³-hybridized carbons (Fsp3) is 0.459. The van der Waals surface area contributed by atoms with Crippen LogP contribution in [-0.4, -0.2) is 24.9 Å². The number of esters is 1. The molecule has 3 rings (SSSR count). The lowest BCUT2D eigenvalue weighted by Gasteiger charge is -2.34. The Bertz CT molecular complexity index is 1450. The molecule has 0 fully saturated rings. The van der Waals surface area contributed by atoms with Crippen LogP contribution >= 0.6 is 0 Å². The van der Waals surface area contributed by atoms with E-state index < -0.39 is 8.32 Å². The molecule has 1 heterocycles. The minimum absolute atomic E-state index is 0.104. The van der Waals surface area contributed by atoms with E-state index in [0.29, 0.717) is 0 Å². The first-order valence-electron chi connectivity index (χ1n) is 15.3. The first-order chi connectivity index (χ1) is 19.8. The van der Waals surface area contributed by atoms with E-state index in [-0.39, 0.29) is 23.6 Å². The molecule has 1 aromatic heterocycles. The Kier molecular flexibility index (Phi) is 11.0. The monoisotopic (exact) mass is 583 g/mol. The SMILES string of the molecule is CCC(C#Cc1ccc(C(CC)(CC)c2ccc(-c3cncc(COC(C)=O)c3)c(C)c2)cc1C)(CC)O[Si](C)(C)C. The second-order valence-electron chi connectivity index (χ2n) is 12.4. The molecule has 0 spiro atoms. The summed E-state index contributed by atoms with van der Waals surface area (Å²) in [6.45, 7) is 21.6. The molecule has 0 aliphatic carbocycles. The molecule has 0 atom stereocenters. The van der Waals surface area contributed by atoms with E-state index in [1.165, 1.54) is 29.2 Å². The lowest BCUT2D eigenvalue weighted by molar-refractivity contribution is -0.142. The summed E-state index contributed by atoms with van der Waals surface area (Å²) in [6, 6.07) is 15.7. The fourth-order valence-corrected chi connectivity index (χ4v) is 7.39. The van der Waals surface area contributed by atoms with Crippen molar-refractivity contribution in [3.8, 4) is 23.0 Å². The average Bonchev–Trinajstić information content (AvgIpc) is 2.95. The van der Waals surface area contributed by atoms with Crippen LogP contribution in [0.4, 0.5) is 0 Å². The lowest BCUT2D eigenvalue weighted by Crippen LogP contribution is -2.41. The minimum Gasteiger partial charge on any atom is -0.461 e. The quantitative estimate of drug-likeness (QED) is 0.128. The maximum absolute atomic E-state index is 11.3. The van der Waals surface area contributed by atoms with Gasteiger partial charge in [0.25, 0.3) is 0 Å². The number of hydrogen-bond donors (Lipinski definition) is 0. The van der Waals surface area contributed by atoms with Gasteiger partial charge in [-0.15, -0.1) is 0 Å². The number of benzene rings is 2. The van der Waals surface area contributed by atoms with E-state index in [9.17, 15) is 4.79 Å². The van der Waals surface area contributed by atoms with Gasteiger partial charge in [-0.1, -0.05) is 69.9 Å². The van der Waals surface area contributed by atoms with Gasteiger partial charge >= 0.3 is 5.97 Å². The van der Waals surface area contributed by atoms with Gasteiger partial charge in [0.15, 0.2) is 8.32 Å². The second kappa shape index (κ2) is 13.8. The lowest BCUT2D eigenvalue weighted by atomic mass is 9.69. The summed E-state index contributed by atoms with van der Waals surface area (Å²) in [7, 11) is -1.73. The summed E-state index contributed by atoms with van der Waals surface area (Å²) in [6.07, 6.45) is 7.37. The van der Waals surface area contributed by atoms with E-state index in [1.807, 2.05) is 6.20 Å². The fourth-order valence-electron chi connectivity index (χ4n) is 5.88. The zero-order chi connectivity index (χ0) is 31.1. The number of nitrogens with zero attached hydrogens (tertiary/aromatic N) is 1. The number of hydrogen-bond acceptors (Lipinski definition) is 4. The van der Waals surface area contributed by atoms with Crippen LogP contribution in [0.2, 0.25) is 19.6 Å². The largest absolute Gasteiger partial charge is 0.461 e. The van der Waals surface area contributed by atoms with Crippen LogP contribution in [-0.2, 0) is 26.0 Å². The molecule has 224 valence electrons. The van der Waals surface area contributed by atoms with Crippen LogP contribution < -0.4 is 0 Å². The van der Waals surface area contributed by atoms with E-state index >= 15 is 0 Å². The number of pyridine rings is 1. The number of rotatable bonds is 11. The molecule has 0 saturated carbocycles. The number of ether oxygens (including phenoxy) is 1. The zero-order valence-electron chi connectivity index (χ0n) is 27.4. The minimum atomic E-state index is -1.73. The van der Waals surface area contributed by atoms with Crippen molar-refractivity contribution >= 4 is 14.3 Å². The molecule has 0 radical (unpaired) electrons. The van der Waals surface area contributed by atoms with Gasteiger partial charge in [-0.25, -0.2) is 0 Å². The van der Waals surface area contributed by atoms with Crippen molar-refractivity contribution in [2.24, 2.45) is 0 Å². The van der Waals surface area contributed by atoms with Crippen LogP contribution in [0, 0.1) is 25.7 Å². The van der Waals surface area contributed by atoms with Crippen LogP contribution in [0.5, 0.6) is 0 Å². The molecule has 42 heavy (non-hydrogen) atoms. The van der Waals surface area contributed by atoms with Crippen molar-refractivity contribution in [1.82, 2.24) is 4.98 Å². The highest BCUT2D eigenvalue weighted by Gasteiger charge is 2.33. The number of aromatic nitrogens is 1. The molecular formula is C37H49NO3Si. The molecule has 4 nitrogen and oxygen atoms in total. The highest BCUT2D eigenvalue weighted by molar-refractivity contribution is 6.69. The maximum Gasteiger partial charge on any atom is 0.302 e. The van der Waals surface area contributed by atoms with Gasteiger partial charge in [-0.05, 0) is 99.1 Å². The smallest absolute Gasteiger partial charge is 0.302 e. The number of carbonyl (C=O) groups excluding carboxylic acids is 1. The molecule has 0 unspecified atom stereocenters. The van der Waals surface area contributed by atoms with E-state index in [1.54, 1.807) is 6.20 Å². The summed E-state index contributed by atoms with van der Waals surface area (Å²) in [5.74, 6) is 6.75. The van der Waals surface area contributed by atoms with Crippen LogP contribution in [0.1, 0.15) is 93.7 Å². The Morgan fingerprint density at radius 1 is 0.857 bits per heavy atom. The third-order valence-corrected chi connectivity index (χ3v) is 9.38. The Morgan fingerprint density at radius 3 is 2.00 bits per heavy atom. The maximum atomic E-state index is 11.3. The molecule has 5 heteroatoms. The molecular weight excluding hydrogens is 534 g/mol. The first-order valence-corrected chi connectivity index (χ1v) is 18.8. The summed E-state index contributed by atoms with van der Waals surface area (Å²) < 4.78 is 11.8. The predicted molar refractivity (Wildman–Crippen MR) is 177 cm³/mol. The van der Waals surface area contributed by atoms with Gasteiger partial charge in [-0.2, -0.15) is 0 Å². The highest BCUT2D eigenvalue weighted by Crippen LogP contribution is 2.41. The zero-order valence-corrected chi connectivity index (χ0v) is 28.4. The molecule has 0 saturated heterocycles. The molecule has 0 amide bonds. The molecule has 0 aliphatic rings. The van der Waals surface area contributed by atoms with Crippen molar-refractivity contribution in [2.45, 2.75) is 111 Å². The Labute approximate surface area is 255 Å². The normalized spacial score (nSPS) is 12.0. The van der Waals surface area contributed by atoms with Crippen molar-refractivity contribution in [3.63, 3.8) is 0 Å². The molecule has 0 aliphatic heterocycles. The Balaban J connectivity index is 1.98. The van der Waals surface area contributed by atoms with Gasteiger partial charge in [-0.3, -0.25) is 9.78 Å². The molecule has 0 N–H and O–H groups in total. The van der Waals surface area contributed by atoms with Crippen molar-refractivity contribution < 1.29 is 14.0 Å². The third-order valence-electron chi connectivity index (χ3n) is 8.38. The molecule has 3 aromatic rings. The topological polar surface area (TPSA) is 48.4 Å². The summed E-state index contributed by atoms with van der Waals surface area (Å²) in [4.78, 5) is 15.7. The van der Waals surface area contributed by atoms with Gasteiger partial charge in [0.1, 0.15) is 12.2 Å². The Hall–Kier alpha value is -3.20. The van der Waals surface area contributed by atoms with Crippen molar-refractivity contribution in [1.29, 1.82) is 0 Å². The number of carbonyl (C=O) groups is 1. The standard InChI is InChI=1S/C37H49NO3Si/c1-11-36(12-2,41-42(8,9)10)20-19-31-15-16-33(21-27(31)5)37(13-3,14-4)34-17-18-35(28(6)22-34)32-23-30(24-38-25-32)26-40-29(7)39/h15-18,21-25H,11-14,26H2,1-10H3. The first kappa shape index (κ1) is 33.3. The van der Waals surface area contributed by atoms with Gasteiger partial charge in [0, 0.05) is 41.4 Å². The highest BCUT2D eigenvalue weighted by atomic mass is 28.4. The van der Waals surface area contributed by atoms with Crippen molar-refractivity contribution in [2.75, 3.05) is 0 Å². The van der Waals surface area contributed by atoms with Gasteiger partial charge in [0.2, 0.25) is 0 Å². The average molecular weight is 584 g/mol. The van der Waals surface area contributed by atoms with Crippen LogP contribution in [0.15, 0.2) is 54.9 Å². The van der Waals surface area contributed by atoms with Crippen LogP contribution in [0.25, 0.3) is 11.1 Å². The summed E-state index contributed by atoms with van der Waals surface area (Å²) in [5.41, 5.74) is 8.64. The summed E-state index contributed by atoms with van der Waals surface area (Å²) >= 11 is 0. The molecule has 2 aromatic carbocycles. The van der Waals surface area contributed by atoms with E-state index in [2.05, 4.69) is 120 Å². The summed E-state index contributed by atoms with van der Waals surface area (Å²) in [5, 5.41) is 0.